The highest BCUT2D eigenvalue weighted by Crippen LogP contribution is 2.05. The molecule has 1 amide bonds. The summed E-state index contributed by atoms with van der Waals surface area (Å²) < 4.78 is 9.40. The van der Waals surface area contributed by atoms with Gasteiger partial charge in [0, 0.05) is 12.6 Å². The lowest BCUT2D eigenvalue weighted by atomic mass is 10.2. The first kappa shape index (κ1) is 14.8. The molecule has 0 aromatic rings. The number of carbonyl (C=O) groups is 2. The van der Waals surface area contributed by atoms with Gasteiger partial charge in [-0.15, -0.1) is 0 Å². The molecule has 0 aliphatic carbocycles. The predicted octanol–water partition coefficient (Wildman–Crippen LogP) is 1.81. The highest BCUT2D eigenvalue weighted by Gasteiger charge is 2.14. The van der Waals surface area contributed by atoms with Gasteiger partial charge in [-0.3, -0.25) is 0 Å². The first-order valence-electron chi connectivity index (χ1n) is 4.71. The van der Waals surface area contributed by atoms with Crippen LogP contribution in [0.4, 0.5) is 4.79 Å². The largest absolute Gasteiger partial charge is 0.446 e. The van der Waals surface area contributed by atoms with Gasteiger partial charge in [-0.25, -0.2) is 9.59 Å². The van der Waals surface area contributed by atoms with E-state index in [0.29, 0.717) is 0 Å². The third-order valence-corrected chi connectivity index (χ3v) is 1.32. The Hall–Kier alpha value is -1.23. The minimum absolute atomic E-state index is 0.187. The number of esters is 1. The molecule has 5 nitrogen and oxygen atoms in total. The van der Waals surface area contributed by atoms with Gasteiger partial charge in [-0.2, -0.15) is 0 Å². The maximum atomic E-state index is 11.1. The van der Waals surface area contributed by atoms with Crippen LogP contribution < -0.4 is 5.32 Å². The van der Waals surface area contributed by atoms with Crippen molar-refractivity contribution in [2.45, 2.75) is 26.4 Å². The van der Waals surface area contributed by atoms with Crippen LogP contribution in [-0.2, 0) is 14.3 Å². The molecule has 92 valence electrons. The number of ether oxygens (including phenoxy) is 2. The Balaban J connectivity index is 3.74. The van der Waals surface area contributed by atoms with Crippen LogP contribution in [0, 0.1) is 0 Å². The van der Waals surface area contributed by atoms with E-state index in [2.05, 4.69) is 10.1 Å². The molecule has 0 aromatic carbocycles. The fourth-order valence-electron chi connectivity index (χ4n) is 0.713. The molecular formula is C10H16ClNO4. The van der Waals surface area contributed by atoms with Crippen molar-refractivity contribution in [3.05, 3.63) is 12.2 Å². The van der Waals surface area contributed by atoms with Crippen LogP contribution >= 0.6 is 11.6 Å². The lowest BCUT2D eigenvalue weighted by molar-refractivity contribution is -0.135. The van der Waals surface area contributed by atoms with E-state index in [1.54, 1.807) is 20.8 Å². The molecule has 0 atom stereocenters. The second-order valence-corrected chi connectivity index (χ2v) is 4.08. The van der Waals surface area contributed by atoms with Crippen LogP contribution in [0.3, 0.4) is 0 Å². The number of alkyl carbamates (subject to hydrolysis) is 1. The standard InChI is InChI=1S/C10H16ClNO4/c1-10(2,3)16-9(14)12-6-4-5-8(13)15-7-11/h4-5H,6-7H2,1-3H3,(H,12,14)/b5-4+. The highest BCUT2D eigenvalue weighted by atomic mass is 35.5. The molecule has 0 aliphatic heterocycles. The minimum Gasteiger partial charge on any atom is -0.446 e. The Labute approximate surface area is 99.7 Å². The number of nitrogens with one attached hydrogen (secondary N) is 1. The number of rotatable bonds is 4. The van der Waals surface area contributed by atoms with E-state index < -0.39 is 17.7 Å². The van der Waals surface area contributed by atoms with Crippen LogP contribution in [0.25, 0.3) is 0 Å². The van der Waals surface area contributed by atoms with Crippen LogP contribution in [0.15, 0.2) is 12.2 Å². The van der Waals surface area contributed by atoms with Crippen molar-refractivity contribution in [1.82, 2.24) is 5.32 Å². The first-order valence-corrected chi connectivity index (χ1v) is 5.24. The zero-order valence-electron chi connectivity index (χ0n) is 9.58. The van der Waals surface area contributed by atoms with Gasteiger partial charge in [0.15, 0.2) is 6.07 Å². The molecule has 0 saturated carbocycles. The molecule has 0 aromatic heterocycles. The Morgan fingerprint density at radius 3 is 2.50 bits per heavy atom. The van der Waals surface area contributed by atoms with Crippen molar-refractivity contribution in [2.24, 2.45) is 0 Å². The van der Waals surface area contributed by atoms with E-state index in [9.17, 15) is 9.59 Å². The summed E-state index contributed by atoms with van der Waals surface area (Å²) in [6.45, 7) is 5.48. The Kier molecular flexibility index (Phi) is 6.56. The molecule has 0 aliphatic rings. The second kappa shape index (κ2) is 7.11. The summed E-state index contributed by atoms with van der Waals surface area (Å²) in [6, 6.07) is -0.192. The molecule has 0 bridgehead atoms. The van der Waals surface area contributed by atoms with Gasteiger partial charge in [0.25, 0.3) is 0 Å². The SMILES string of the molecule is CC(C)(C)OC(=O)NC/C=C/C(=O)OCCl. The lowest BCUT2D eigenvalue weighted by Crippen LogP contribution is -2.32. The summed E-state index contributed by atoms with van der Waals surface area (Å²) in [7, 11) is 0. The second-order valence-electron chi connectivity index (χ2n) is 3.86. The van der Waals surface area contributed by atoms with E-state index in [1.807, 2.05) is 0 Å². The topological polar surface area (TPSA) is 64.6 Å². The number of carbonyl (C=O) groups excluding carboxylic acids is 2. The quantitative estimate of drug-likeness (QED) is 0.469. The van der Waals surface area contributed by atoms with Crippen molar-refractivity contribution in [3.8, 4) is 0 Å². The van der Waals surface area contributed by atoms with E-state index in [-0.39, 0.29) is 12.6 Å². The molecule has 0 unspecified atom stereocenters. The fraction of sp³-hybridized carbons (Fsp3) is 0.600. The van der Waals surface area contributed by atoms with Gasteiger partial charge in [-0.05, 0) is 20.8 Å². The van der Waals surface area contributed by atoms with Gasteiger partial charge < -0.3 is 14.8 Å². The minimum atomic E-state index is -0.555. The van der Waals surface area contributed by atoms with Crippen LogP contribution in [0.5, 0.6) is 0 Å². The zero-order chi connectivity index (χ0) is 12.6. The molecule has 0 rings (SSSR count). The zero-order valence-corrected chi connectivity index (χ0v) is 10.3. The maximum absolute atomic E-state index is 11.1. The monoisotopic (exact) mass is 249 g/mol. The number of alkyl halides is 1. The average Bonchev–Trinajstić information content (AvgIpc) is 2.10. The van der Waals surface area contributed by atoms with Gasteiger partial charge in [0.1, 0.15) is 5.60 Å². The van der Waals surface area contributed by atoms with E-state index >= 15 is 0 Å². The van der Waals surface area contributed by atoms with Crippen molar-refractivity contribution in [1.29, 1.82) is 0 Å². The van der Waals surface area contributed by atoms with Crippen LogP contribution in [-0.4, -0.2) is 30.3 Å². The summed E-state index contributed by atoms with van der Waals surface area (Å²) in [5.74, 6) is -0.555. The van der Waals surface area contributed by atoms with Crippen molar-refractivity contribution >= 4 is 23.7 Å². The van der Waals surface area contributed by atoms with Crippen LogP contribution in [0.2, 0.25) is 0 Å². The number of halogens is 1. The Morgan fingerprint density at radius 1 is 1.38 bits per heavy atom. The van der Waals surface area contributed by atoms with Gasteiger partial charge in [0.2, 0.25) is 0 Å². The molecule has 6 heteroatoms. The van der Waals surface area contributed by atoms with Gasteiger partial charge in [-0.1, -0.05) is 17.7 Å². The maximum Gasteiger partial charge on any atom is 0.407 e. The van der Waals surface area contributed by atoms with Crippen LogP contribution in [0.1, 0.15) is 20.8 Å². The molecular weight excluding hydrogens is 234 g/mol. The summed E-state index contributed by atoms with van der Waals surface area (Å²) in [5.41, 5.74) is -0.536. The van der Waals surface area contributed by atoms with Crippen molar-refractivity contribution < 1.29 is 19.1 Å². The number of amides is 1. The van der Waals surface area contributed by atoms with E-state index in [1.165, 1.54) is 12.2 Å². The van der Waals surface area contributed by atoms with Crippen molar-refractivity contribution in [2.75, 3.05) is 12.6 Å². The normalized spacial score (nSPS) is 11.2. The smallest absolute Gasteiger partial charge is 0.407 e. The van der Waals surface area contributed by atoms with E-state index in [0.717, 1.165) is 0 Å². The summed E-state index contributed by atoms with van der Waals surface area (Å²) >= 11 is 5.17. The third kappa shape index (κ3) is 9.33. The third-order valence-electron chi connectivity index (χ3n) is 1.21. The average molecular weight is 250 g/mol. The number of hydrogen-bond donors (Lipinski definition) is 1. The molecule has 0 fully saturated rings. The molecule has 0 heterocycles. The van der Waals surface area contributed by atoms with E-state index in [4.69, 9.17) is 16.3 Å². The first-order chi connectivity index (χ1) is 7.35. The van der Waals surface area contributed by atoms with Crippen molar-refractivity contribution in [3.63, 3.8) is 0 Å². The Morgan fingerprint density at radius 2 is 2.00 bits per heavy atom. The highest BCUT2D eigenvalue weighted by molar-refractivity contribution is 6.17. The molecule has 16 heavy (non-hydrogen) atoms. The predicted molar refractivity (Wildman–Crippen MR) is 60.2 cm³/mol. The molecule has 1 N–H and O–H groups in total. The fourth-order valence-corrected chi connectivity index (χ4v) is 0.821. The summed E-state index contributed by atoms with van der Waals surface area (Å²) in [5, 5.41) is 2.45. The Bertz CT molecular complexity index is 270. The molecule has 0 spiro atoms. The summed E-state index contributed by atoms with van der Waals surface area (Å²) in [6.07, 6.45) is 2.08. The number of hydrogen-bond acceptors (Lipinski definition) is 4. The molecule has 0 saturated heterocycles. The van der Waals surface area contributed by atoms with Gasteiger partial charge in [0.05, 0.1) is 0 Å². The van der Waals surface area contributed by atoms with Gasteiger partial charge >= 0.3 is 12.1 Å². The summed E-state index contributed by atoms with van der Waals surface area (Å²) in [4.78, 5) is 21.9. The lowest BCUT2D eigenvalue weighted by Gasteiger charge is -2.19. The molecule has 0 radical (unpaired) electrons.